The zero-order valence-electron chi connectivity index (χ0n) is 13.9. The Hall–Kier alpha value is -1.91. The lowest BCUT2D eigenvalue weighted by atomic mass is 10.0. The number of hydrogen-bond donors (Lipinski definition) is 1. The number of carbonyl (C=O) groups excluding carboxylic acids is 1. The van der Waals surface area contributed by atoms with Crippen molar-refractivity contribution in [1.29, 1.82) is 0 Å². The molecule has 0 aliphatic rings. The second-order valence-corrected chi connectivity index (χ2v) is 6.15. The minimum absolute atomic E-state index is 0.243. The summed E-state index contributed by atoms with van der Waals surface area (Å²) in [6.45, 7) is 3.84. The lowest BCUT2D eigenvalue weighted by Gasteiger charge is -2.19. The first kappa shape index (κ1) is 18.4. The molecule has 4 nitrogen and oxygen atoms in total. The number of carbonyl (C=O) groups is 1. The molecule has 0 spiro atoms. The van der Waals surface area contributed by atoms with E-state index in [-0.39, 0.29) is 17.0 Å². The summed E-state index contributed by atoms with van der Waals surface area (Å²) in [6.07, 6.45) is 0. The summed E-state index contributed by atoms with van der Waals surface area (Å²) in [5.74, 6) is 0.972. The summed E-state index contributed by atoms with van der Waals surface area (Å²) in [6, 6.07) is 8.46. The van der Waals surface area contributed by atoms with Crippen molar-refractivity contribution in [3.8, 4) is 11.5 Å². The molecule has 0 radical (unpaired) electrons. The van der Waals surface area contributed by atoms with Crippen LogP contribution in [0.3, 0.4) is 0 Å². The van der Waals surface area contributed by atoms with Gasteiger partial charge in [0.15, 0.2) is 11.5 Å². The number of ether oxygens (including phenoxy) is 2. The van der Waals surface area contributed by atoms with Gasteiger partial charge in [0, 0.05) is 0 Å². The van der Waals surface area contributed by atoms with E-state index >= 15 is 0 Å². The zero-order chi connectivity index (χ0) is 17.9. The second kappa shape index (κ2) is 7.77. The van der Waals surface area contributed by atoms with E-state index in [1.54, 1.807) is 32.4 Å². The molecule has 1 N–H and O–H groups in total. The molecule has 2 aromatic carbocycles. The molecular weight excluding hydrogens is 349 g/mol. The lowest BCUT2D eigenvalue weighted by Crippen LogP contribution is -2.27. The fourth-order valence-corrected chi connectivity index (χ4v) is 2.88. The van der Waals surface area contributed by atoms with Gasteiger partial charge in [-0.15, -0.1) is 0 Å². The standard InChI is InChI=1S/C18H19Cl2NO3/c1-10-8-15(23-3)16(24-4)9-13(10)11(2)21-18(22)12-6-5-7-14(19)17(12)20/h5-9,11H,1-4H3,(H,21,22). The Morgan fingerprint density at radius 2 is 1.75 bits per heavy atom. The Kier molecular flexibility index (Phi) is 5.97. The second-order valence-electron chi connectivity index (χ2n) is 5.36. The molecule has 0 heterocycles. The number of amides is 1. The highest BCUT2D eigenvalue weighted by atomic mass is 35.5. The fourth-order valence-electron chi connectivity index (χ4n) is 2.49. The molecule has 0 saturated carbocycles. The van der Waals surface area contributed by atoms with E-state index < -0.39 is 0 Å². The molecule has 0 aliphatic heterocycles. The van der Waals surface area contributed by atoms with Gasteiger partial charge in [0.05, 0.1) is 35.9 Å². The Labute approximate surface area is 151 Å². The fraction of sp³-hybridized carbons (Fsp3) is 0.278. The maximum atomic E-state index is 12.5. The van der Waals surface area contributed by atoms with Gasteiger partial charge in [0.25, 0.3) is 5.91 Å². The van der Waals surface area contributed by atoms with Gasteiger partial charge in [0.2, 0.25) is 0 Å². The molecule has 2 rings (SSSR count). The topological polar surface area (TPSA) is 47.6 Å². The Morgan fingerprint density at radius 1 is 1.12 bits per heavy atom. The summed E-state index contributed by atoms with van der Waals surface area (Å²) in [5.41, 5.74) is 2.26. The minimum Gasteiger partial charge on any atom is -0.493 e. The van der Waals surface area contributed by atoms with Crippen molar-refractivity contribution >= 4 is 29.1 Å². The molecule has 128 valence electrons. The molecule has 0 saturated heterocycles. The van der Waals surface area contributed by atoms with Gasteiger partial charge in [0.1, 0.15) is 0 Å². The van der Waals surface area contributed by atoms with E-state index in [1.165, 1.54) is 0 Å². The molecule has 1 unspecified atom stereocenters. The van der Waals surface area contributed by atoms with Gasteiger partial charge < -0.3 is 14.8 Å². The van der Waals surface area contributed by atoms with Crippen molar-refractivity contribution < 1.29 is 14.3 Å². The molecule has 0 fully saturated rings. The van der Waals surface area contributed by atoms with Gasteiger partial charge in [-0.25, -0.2) is 0 Å². The summed E-state index contributed by atoms with van der Waals surface area (Å²) in [7, 11) is 3.16. The van der Waals surface area contributed by atoms with Gasteiger partial charge >= 0.3 is 0 Å². The van der Waals surface area contributed by atoms with E-state index in [4.69, 9.17) is 32.7 Å². The van der Waals surface area contributed by atoms with Crippen molar-refractivity contribution in [3.63, 3.8) is 0 Å². The molecule has 0 aromatic heterocycles. The van der Waals surface area contributed by atoms with Gasteiger partial charge in [-0.05, 0) is 49.2 Å². The molecule has 1 atom stereocenters. The number of rotatable bonds is 5. The summed E-state index contributed by atoms with van der Waals surface area (Å²) < 4.78 is 10.6. The van der Waals surface area contributed by atoms with Crippen LogP contribution in [0.1, 0.15) is 34.5 Å². The van der Waals surface area contributed by atoms with Gasteiger partial charge in [-0.3, -0.25) is 4.79 Å². The largest absolute Gasteiger partial charge is 0.493 e. The highest BCUT2D eigenvalue weighted by molar-refractivity contribution is 6.43. The molecule has 0 bridgehead atoms. The number of aryl methyl sites for hydroxylation is 1. The van der Waals surface area contributed by atoms with Crippen molar-refractivity contribution in [3.05, 3.63) is 57.1 Å². The normalized spacial score (nSPS) is 11.8. The molecule has 6 heteroatoms. The smallest absolute Gasteiger partial charge is 0.253 e. The van der Waals surface area contributed by atoms with Crippen LogP contribution in [-0.4, -0.2) is 20.1 Å². The first-order valence-electron chi connectivity index (χ1n) is 7.36. The zero-order valence-corrected chi connectivity index (χ0v) is 15.5. The van der Waals surface area contributed by atoms with Crippen LogP contribution in [0.15, 0.2) is 30.3 Å². The highest BCUT2D eigenvalue weighted by Gasteiger charge is 2.18. The van der Waals surface area contributed by atoms with Gasteiger partial charge in [-0.2, -0.15) is 0 Å². The maximum Gasteiger partial charge on any atom is 0.253 e. The van der Waals surface area contributed by atoms with Crippen LogP contribution in [0.5, 0.6) is 11.5 Å². The SMILES string of the molecule is COc1cc(C)c(C(C)NC(=O)c2cccc(Cl)c2Cl)cc1OC. The van der Waals surface area contributed by atoms with Crippen molar-refractivity contribution in [2.45, 2.75) is 19.9 Å². The Balaban J connectivity index is 2.28. The molecule has 24 heavy (non-hydrogen) atoms. The predicted molar refractivity (Wildman–Crippen MR) is 96.6 cm³/mol. The number of hydrogen-bond acceptors (Lipinski definition) is 3. The number of benzene rings is 2. The number of nitrogens with one attached hydrogen (secondary N) is 1. The third-order valence-electron chi connectivity index (χ3n) is 3.78. The Morgan fingerprint density at radius 3 is 2.38 bits per heavy atom. The number of halogens is 2. The van der Waals surface area contributed by atoms with E-state index in [0.29, 0.717) is 22.1 Å². The van der Waals surface area contributed by atoms with Crippen LogP contribution in [-0.2, 0) is 0 Å². The summed E-state index contributed by atoms with van der Waals surface area (Å²) in [5, 5.41) is 3.52. The molecule has 2 aromatic rings. The number of methoxy groups -OCH3 is 2. The van der Waals surface area contributed by atoms with Crippen LogP contribution in [0.25, 0.3) is 0 Å². The van der Waals surface area contributed by atoms with E-state index in [9.17, 15) is 4.79 Å². The van der Waals surface area contributed by atoms with Crippen LogP contribution in [0, 0.1) is 6.92 Å². The third-order valence-corrected chi connectivity index (χ3v) is 4.60. The third kappa shape index (κ3) is 3.77. The Bertz CT molecular complexity index is 762. The minimum atomic E-state index is -0.288. The van der Waals surface area contributed by atoms with E-state index in [0.717, 1.165) is 11.1 Å². The van der Waals surface area contributed by atoms with Crippen molar-refractivity contribution in [2.75, 3.05) is 14.2 Å². The van der Waals surface area contributed by atoms with E-state index in [2.05, 4.69) is 5.32 Å². The maximum absolute atomic E-state index is 12.5. The van der Waals surface area contributed by atoms with Crippen LogP contribution < -0.4 is 14.8 Å². The quantitative estimate of drug-likeness (QED) is 0.824. The van der Waals surface area contributed by atoms with Crippen molar-refractivity contribution in [2.24, 2.45) is 0 Å². The first-order chi connectivity index (χ1) is 11.4. The van der Waals surface area contributed by atoms with Crippen LogP contribution >= 0.6 is 23.2 Å². The van der Waals surface area contributed by atoms with Crippen LogP contribution in [0.4, 0.5) is 0 Å². The summed E-state index contributed by atoms with van der Waals surface area (Å²) in [4.78, 5) is 12.5. The predicted octanol–water partition coefficient (Wildman–Crippen LogP) is 4.81. The highest BCUT2D eigenvalue weighted by Crippen LogP contribution is 2.33. The average Bonchev–Trinajstić information content (AvgIpc) is 2.56. The van der Waals surface area contributed by atoms with Crippen LogP contribution in [0.2, 0.25) is 10.0 Å². The molecular formula is C18H19Cl2NO3. The summed E-state index contributed by atoms with van der Waals surface area (Å²) >= 11 is 12.1. The monoisotopic (exact) mass is 367 g/mol. The van der Waals surface area contributed by atoms with Crippen molar-refractivity contribution in [1.82, 2.24) is 5.32 Å². The average molecular weight is 368 g/mol. The van der Waals surface area contributed by atoms with Gasteiger partial charge in [-0.1, -0.05) is 29.3 Å². The van der Waals surface area contributed by atoms with E-state index in [1.807, 2.05) is 26.0 Å². The molecule has 1 amide bonds. The first-order valence-corrected chi connectivity index (χ1v) is 8.12. The molecule has 0 aliphatic carbocycles. The lowest BCUT2D eigenvalue weighted by molar-refractivity contribution is 0.0940.